The lowest BCUT2D eigenvalue weighted by Gasteiger charge is -2.39. The summed E-state index contributed by atoms with van der Waals surface area (Å²) in [7, 11) is 0. The van der Waals surface area contributed by atoms with Gasteiger partial charge in [0.2, 0.25) is 0 Å². The average molecular weight is 297 g/mol. The Kier molecular flexibility index (Phi) is 4.23. The molecule has 2 N–H and O–H groups in total. The first kappa shape index (κ1) is 13.1. The second-order valence-corrected chi connectivity index (χ2v) is 6.11. The van der Waals surface area contributed by atoms with Crippen LogP contribution in [0.4, 0.5) is 0 Å². The number of nitrogens with zero attached hydrogens (tertiary/aromatic N) is 1. The Hall–Kier alpha value is -0.380. The van der Waals surface area contributed by atoms with Crippen molar-refractivity contribution in [2.75, 3.05) is 13.1 Å². The lowest BCUT2D eigenvalue weighted by molar-refractivity contribution is 0.123. The van der Waals surface area contributed by atoms with Crippen LogP contribution in [0.2, 0.25) is 0 Å². The van der Waals surface area contributed by atoms with Gasteiger partial charge in [-0.2, -0.15) is 0 Å². The minimum absolute atomic E-state index is 0.323. The maximum atomic E-state index is 6.12. The molecule has 2 nitrogen and oxygen atoms in total. The van der Waals surface area contributed by atoms with Gasteiger partial charge < -0.3 is 5.73 Å². The Balaban J connectivity index is 2.14. The molecule has 17 heavy (non-hydrogen) atoms. The molecule has 1 aliphatic heterocycles. The third kappa shape index (κ3) is 3.09. The van der Waals surface area contributed by atoms with E-state index >= 15 is 0 Å². The van der Waals surface area contributed by atoms with Crippen molar-refractivity contribution >= 4 is 15.9 Å². The van der Waals surface area contributed by atoms with E-state index in [1.165, 1.54) is 10.0 Å². The van der Waals surface area contributed by atoms with Crippen LogP contribution in [0.25, 0.3) is 0 Å². The van der Waals surface area contributed by atoms with Crippen molar-refractivity contribution in [1.29, 1.82) is 0 Å². The molecule has 94 valence electrons. The van der Waals surface area contributed by atoms with Crippen molar-refractivity contribution in [2.24, 2.45) is 11.7 Å². The summed E-state index contributed by atoms with van der Waals surface area (Å²) in [5, 5.41) is 0. The smallest absolute Gasteiger partial charge is 0.0331 e. The van der Waals surface area contributed by atoms with Crippen molar-refractivity contribution in [2.45, 2.75) is 32.4 Å². The van der Waals surface area contributed by atoms with Gasteiger partial charge in [-0.15, -0.1) is 0 Å². The van der Waals surface area contributed by atoms with E-state index in [4.69, 9.17) is 5.73 Å². The maximum absolute atomic E-state index is 6.12. The summed E-state index contributed by atoms with van der Waals surface area (Å²) in [6.45, 7) is 6.71. The Morgan fingerprint density at radius 1 is 1.35 bits per heavy atom. The molecule has 0 amide bonds. The highest BCUT2D eigenvalue weighted by Gasteiger charge is 2.26. The van der Waals surface area contributed by atoms with Crippen LogP contribution in [0, 0.1) is 5.92 Å². The van der Waals surface area contributed by atoms with Crippen molar-refractivity contribution in [3.05, 3.63) is 34.3 Å². The summed E-state index contributed by atoms with van der Waals surface area (Å²) in [5.74, 6) is 0.698. The number of piperidine rings is 1. The van der Waals surface area contributed by atoms with Gasteiger partial charge in [-0.1, -0.05) is 41.1 Å². The molecule has 0 saturated carbocycles. The van der Waals surface area contributed by atoms with Crippen molar-refractivity contribution in [3.63, 3.8) is 0 Å². The molecule has 0 radical (unpaired) electrons. The zero-order valence-corrected chi connectivity index (χ0v) is 12.2. The average Bonchev–Trinajstić information content (AvgIpc) is 2.27. The number of halogens is 1. The fourth-order valence-electron chi connectivity index (χ4n) is 2.77. The van der Waals surface area contributed by atoms with Crippen LogP contribution in [0.1, 0.15) is 31.9 Å². The normalized spacial score (nSPS) is 28.0. The maximum Gasteiger partial charge on any atom is 0.0331 e. The van der Waals surface area contributed by atoms with E-state index in [0.717, 1.165) is 19.5 Å². The van der Waals surface area contributed by atoms with Crippen LogP contribution in [0.5, 0.6) is 0 Å². The van der Waals surface area contributed by atoms with E-state index in [-0.39, 0.29) is 0 Å². The summed E-state index contributed by atoms with van der Waals surface area (Å²) >= 11 is 3.64. The molecule has 0 aliphatic carbocycles. The molecule has 3 heteroatoms. The summed E-state index contributed by atoms with van der Waals surface area (Å²) in [6, 6.07) is 9.22. The molecule has 0 aromatic heterocycles. The van der Waals surface area contributed by atoms with Crippen molar-refractivity contribution in [3.8, 4) is 0 Å². The molecule has 0 spiro atoms. The third-order valence-electron chi connectivity index (χ3n) is 3.62. The third-order valence-corrected chi connectivity index (χ3v) is 4.35. The Morgan fingerprint density at radius 2 is 2.06 bits per heavy atom. The van der Waals surface area contributed by atoms with Gasteiger partial charge >= 0.3 is 0 Å². The minimum Gasteiger partial charge on any atom is -0.327 e. The van der Waals surface area contributed by atoms with E-state index in [1.807, 2.05) is 0 Å². The van der Waals surface area contributed by atoms with Crippen LogP contribution in [0.15, 0.2) is 28.7 Å². The van der Waals surface area contributed by atoms with Crippen LogP contribution in [-0.4, -0.2) is 24.0 Å². The van der Waals surface area contributed by atoms with Gasteiger partial charge in [0.1, 0.15) is 0 Å². The second-order valence-electron chi connectivity index (χ2n) is 5.25. The summed E-state index contributed by atoms with van der Waals surface area (Å²) in [4.78, 5) is 2.50. The molecule has 3 atom stereocenters. The van der Waals surface area contributed by atoms with Gasteiger partial charge in [-0.25, -0.2) is 0 Å². The van der Waals surface area contributed by atoms with Gasteiger partial charge in [-0.3, -0.25) is 4.90 Å². The summed E-state index contributed by atoms with van der Waals surface area (Å²) in [6.07, 6.45) is 1.15. The standard InChI is InChI=1S/C14H21BrN2/c1-10-7-12(16)9-17(8-10)11(2)13-5-3-4-6-14(13)15/h3-6,10-12H,7-9,16H2,1-2H3. The predicted octanol–water partition coefficient (Wildman–Crippen LogP) is 3.18. The predicted molar refractivity (Wildman–Crippen MR) is 75.9 cm³/mol. The molecular formula is C14H21BrN2. The quantitative estimate of drug-likeness (QED) is 0.908. The van der Waals surface area contributed by atoms with Gasteiger partial charge in [-0.05, 0) is 30.9 Å². The molecule has 1 saturated heterocycles. The zero-order valence-electron chi connectivity index (χ0n) is 10.6. The molecule has 1 aliphatic rings. The molecular weight excluding hydrogens is 276 g/mol. The topological polar surface area (TPSA) is 29.3 Å². The van der Waals surface area contributed by atoms with E-state index in [1.54, 1.807) is 0 Å². The zero-order chi connectivity index (χ0) is 12.4. The molecule has 1 heterocycles. The van der Waals surface area contributed by atoms with Gasteiger partial charge in [0.05, 0.1) is 0 Å². The molecule has 0 bridgehead atoms. The molecule has 3 unspecified atom stereocenters. The van der Waals surface area contributed by atoms with Crippen LogP contribution in [0.3, 0.4) is 0 Å². The Labute approximate surface area is 112 Å². The Bertz CT molecular complexity index is 370. The molecule has 2 rings (SSSR count). The highest BCUT2D eigenvalue weighted by atomic mass is 79.9. The highest BCUT2D eigenvalue weighted by Crippen LogP contribution is 2.30. The lowest BCUT2D eigenvalue weighted by atomic mass is 9.94. The SMILES string of the molecule is CC1CC(N)CN(C(C)c2ccccc2Br)C1. The molecule has 1 aromatic carbocycles. The summed E-state index contributed by atoms with van der Waals surface area (Å²) < 4.78 is 1.19. The van der Waals surface area contributed by atoms with Crippen molar-refractivity contribution in [1.82, 2.24) is 4.90 Å². The molecule has 1 fully saturated rings. The second kappa shape index (κ2) is 5.51. The summed E-state index contributed by atoms with van der Waals surface area (Å²) in [5.41, 5.74) is 7.47. The number of rotatable bonds is 2. The minimum atomic E-state index is 0.323. The highest BCUT2D eigenvalue weighted by molar-refractivity contribution is 9.10. The Morgan fingerprint density at radius 3 is 2.71 bits per heavy atom. The van der Waals surface area contributed by atoms with E-state index < -0.39 is 0 Å². The van der Waals surface area contributed by atoms with Gasteiger partial charge in [0.15, 0.2) is 0 Å². The number of benzene rings is 1. The number of likely N-dealkylation sites (tertiary alicyclic amines) is 1. The number of hydrogen-bond donors (Lipinski definition) is 1. The first-order chi connectivity index (χ1) is 8.08. The van der Waals surface area contributed by atoms with Gasteiger partial charge in [0.25, 0.3) is 0 Å². The van der Waals surface area contributed by atoms with E-state index in [2.05, 4.69) is 58.9 Å². The monoisotopic (exact) mass is 296 g/mol. The first-order valence-electron chi connectivity index (χ1n) is 6.32. The van der Waals surface area contributed by atoms with Crippen molar-refractivity contribution < 1.29 is 0 Å². The fraction of sp³-hybridized carbons (Fsp3) is 0.571. The van der Waals surface area contributed by atoms with Crippen LogP contribution in [-0.2, 0) is 0 Å². The van der Waals surface area contributed by atoms with Crippen LogP contribution >= 0.6 is 15.9 Å². The van der Waals surface area contributed by atoms with E-state index in [0.29, 0.717) is 18.0 Å². The van der Waals surface area contributed by atoms with Crippen LogP contribution < -0.4 is 5.73 Å². The number of nitrogens with two attached hydrogens (primary N) is 1. The number of hydrogen-bond acceptors (Lipinski definition) is 2. The largest absolute Gasteiger partial charge is 0.327 e. The van der Waals surface area contributed by atoms with Gasteiger partial charge in [0, 0.05) is 29.6 Å². The molecule has 1 aromatic rings. The lowest BCUT2D eigenvalue weighted by Crippen LogP contribution is -2.47. The van der Waals surface area contributed by atoms with E-state index in [9.17, 15) is 0 Å². The fourth-order valence-corrected chi connectivity index (χ4v) is 3.38. The first-order valence-corrected chi connectivity index (χ1v) is 7.11.